The molecule has 4 aromatic rings. The van der Waals surface area contributed by atoms with Gasteiger partial charge in [-0.25, -0.2) is 14.8 Å². The maximum absolute atomic E-state index is 12.7. The molecule has 0 aliphatic heterocycles. The van der Waals surface area contributed by atoms with Gasteiger partial charge in [0.25, 0.3) is 5.91 Å². The van der Waals surface area contributed by atoms with Gasteiger partial charge < -0.3 is 20.8 Å². The number of nitrogens with one attached hydrogen (secondary N) is 3. The number of aromatic nitrogens is 4. The van der Waals surface area contributed by atoms with Crippen LogP contribution in [0.3, 0.4) is 0 Å². The summed E-state index contributed by atoms with van der Waals surface area (Å²) in [6.45, 7) is -0.0884. The number of carbonyl (C=O) groups is 2. The van der Waals surface area contributed by atoms with E-state index in [-0.39, 0.29) is 24.1 Å². The van der Waals surface area contributed by atoms with Crippen LogP contribution in [0.4, 0.5) is 11.5 Å². The lowest BCUT2D eigenvalue weighted by molar-refractivity contribution is 0.0698. The van der Waals surface area contributed by atoms with Crippen molar-refractivity contribution < 1.29 is 19.8 Å². The molecule has 1 unspecified atom stereocenters. The molecular formula is C25H24N6O4. The molecule has 0 spiro atoms. The number of aromatic amines is 1. The molecule has 5 rings (SSSR count). The number of fused-ring (bicyclic) bond motifs is 1. The SMILES string of the molecule is O=C(Nc1cccc(C(CCO)Nc2ncnc3c(C(=O)O)cccc23)c1)c1cc(C2CC2)[nH]n1. The van der Waals surface area contributed by atoms with Crippen molar-refractivity contribution in [3.8, 4) is 0 Å². The van der Waals surface area contributed by atoms with E-state index in [0.717, 1.165) is 24.1 Å². The minimum absolute atomic E-state index is 0.0829. The van der Waals surface area contributed by atoms with Gasteiger partial charge in [-0.2, -0.15) is 5.10 Å². The molecule has 2 heterocycles. The highest BCUT2D eigenvalue weighted by Gasteiger charge is 2.26. The normalized spacial score (nSPS) is 14.0. The zero-order valence-corrected chi connectivity index (χ0v) is 18.7. The fourth-order valence-corrected chi connectivity index (χ4v) is 4.08. The zero-order chi connectivity index (χ0) is 24.4. The first-order valence-electron chi connectivity index (χ1n) is 11.3. The van der Waals surface area contributed by atoms with Crippen LogP contribution in [0.2, 0.25) is 0 Å². The summed E-state index contributed by atoms with van der Waals surface area (Å²) in [4.78, 5) is 32.7. The Bertz CT molecular complexity index is 1400. The second kappa shape index (κ2) is 9.51. The predicted molar refractivity (Wildman–Crippen MR) is 130 cm³/mol. The molecule has 1 saturated carbocycles. The predicted octanol–water partition coefficient (Wildman–Crippen LogP) is 3.72. The maximum atomic E-state index is 12.7. The van der Waals surface area contributed by atoms with Gasteiger partial charge in [0.05, 0.1) is 17.1 Å². The van der Waals surface area contributed by atoms with Gasteiger partial charge in [0.15, 0.2) is 5.69 Å². The van der Waals surface area contributed by atoms with Crippen molar-refractivity contribution >= 4 is 34.3 Å². The fourth-order valence-electron chi connectivity index (χ4n) is 4.08. The number of nitrogens with zero attached hydrogens (tertiary/aromatic N) is 3. The number of para-hydroxylation sites is 1. The molecule has 10 nitrogen and oxygen atoms in total. The molecule has 0 bridgehead atoms. The quantitative estimate of drug-likeness (QED) is 0.247. The van der Waals surface area contributed by atoms with Gasteiger partial charge in [0.2, 0.25) is 0 Å². The maximum Gasteiger partial charge on any atom is 0.337 e. The lowest BCUT2D eigenvalue weighted by Crippen LogP contribution is -2.16. The third-order valence-electron chi connectivity index (χ3n) is 6.02. The molecule has 0 saturated heterocycles. The van der Waals surface area contributed by atoms with Crippen molar-refractivity contribution in [3.05, 3.63) is 77.4 Å². The van der Waals surface area contributed by atoms with Gasteiger partial charge >= 0.3 is 5.97 Å². The number of aliphatic hydroxyl groups is 1. The highest BCUT2D eigenvalue weighted by atomic mass is 16.4. The van der Waals surface area contributed by atoms with Crippen LogP contribution in [-0.2, 0) is 0 Å². The summed E-state index contributed by atoms with van der Waals surface area (Å²) in [5, 5.41) is 33.0. The largest absolute Gasteiger partial charge is 0.478 e. The van der Waals surface area contributed by atoms with Crippen molar-refractivity contribution in [2.24, 2.45) is 0 Å². The lowest BCUT2D eigenvalue weighted by atomic mass is 10.0. The first-order valence-corrected chi connectivity index (χ1v) is 11.3. The third kappa shape index (κ3) is 4.82. The number of carboxylic acids is 1. The number of hydrogen-bond acceptors (Lipinski definition) is 7. The molecule has 178 valence electrons. The summed E-state index contributed by atoms with van der Waals surface area (Å²) in [7, 11) is 0. The van der Waals surface area contributed by atoms with Crippen LogP contribution in [0.25, 0.3) is 10.9 Å². The average molecular weight is 473 g/mol. The Balaban J connectivity index is 1.38. The summed E-state index contributed by atoms with van der Waals surface area (Å²) >= 11 is 0. The molecule has 0 radical (unpaired) electrons. The second-order valence-electron chi connectivity index (χ2n) is 8.50. The van der Waals surface area contributed by atoms with Crippen molar-refractivity contribution in [1.82, 2.24) is 20.2 Å². The first-order chi connectivity index (χ1) is 17.0. The number of carboxylic acid groups (broad SMARTS) is 1. The summed E-state index contributed by atoms with van der Waals surface area (Å²) in [6, 6.07) is 13.6. The molecule has 5 N–H and O–H groups in total. The Hall–Kier alpha value is -4.31. The molecule has 1 fully saturated rings. The highest BCUT2D eigenvalue weighted by Crippen LogP contribution is 2.39. The molecule has 1 aliphatic rings. The van der Waals surface area contributed by atoms with Crippen LogP contribution in [-0.4, -0.2) is 48.9 Å². The number of benzene rings is 2. The number of carbonyl (C=O) groups excluding carboxylic acids is 1. The monoisotopic (exact) mass is 472 g/mol. The lowest BCUT2D eigenvalue weighted by Gasteiger charge is -2.21. The average Bonchev–Trinajstić information content (AvgIpc) is 3.59. The molecule has 1 amide bonds. The Morgan fingerprint density at radius 1 is 1.11 bits per heavy atom. The Labute approximate surface area is 200 Å². The number of anilines is 2. The van der Waals surface area contributed by atoms with Crippen molar-refractivity contribution in [1.29, 1.82) is 0 Å². The second-order valence-corrected chi connectivity index (χ2v) is 8.50. The van der Waals surface area contributed by atoms with Gasteiger partial charge in [-0.1, -0.05) is 18.2 Å². The van der Waals surface area contributed by atoms with Gasteiger partial charge in [-0.05, 0) is 55.2 Å². The molecule has 1 aliphatic carbocycles. The van der Waals surface area contributed by atoms with Crippen LogP contribution in [0, 0.1) is 0 Å². The van der Waals surface area contributed by atoms with Crippen LogP contribution in [0.15, 0.2) is 54.9 Å². The van der Waals surface area contributed by atoms with E-state index < -0.39 is 5.97 Å². The summed E-state index contributed by atoms with van der Waals surface area (Å²) < 4.78 is 0. The standard InChI is InChI=1S/C25H24N6O4/c32-10-9-19(29-23-17-5-2-6-18(25(34)35)22(17)26-13-27-23)15-3-1-4-16(11-15)28-24(33)21-12-20(30-31-21)14-7-8-14/h1-6,11-14,19,32H,7-10H2,(H,28,33)(H,30,31)(H,34,35)(H,26,27,29). The minimum Gasteiger partial charge on any atom is -0.478 e. The summed E-state index contributed by atoms with van der Waals surface area (Å²) in [5.74, 6) is -0.450. The number of hydrogen-bond donors (Lipinski definition) is 5. The number of amides is 1. The Morgan fingerprint density at radius 3 is 2.71 bits per heavy atom. The van der Waals surface area contributed by atoms with E-state index in [1.165, 1.54) is 12.4 Å². The van der Waals surface area contributed by atoms with Crippen LogP contribution >= 0.6 is 0 Å². The number of aromatic carboxylic acids is 1. The van der Waals surface area contributed by atoms with Gasteiger partial charge in [0.1, 0.15) is 12.1 Å². The minimum atomic E-state index is -1.07. The molecule has 2 aromatic carbocycles. The fraction of sp³-hybridized carbons (Fsp3) is 0.240. The van der Waals surface area contributed by atoms with E-state index in [9.17, 15) is 19.8 Å². The number of rotatable bonds is 9. The van der Waals surface area contributed by atoms with E-state index in [4.69, 9.17) is 0 Å². The number of aliphatic hydroxyl groups excluding tert-OH is 1. The number of H-pyrrole nitrogens is 1. The third-order valence-corrected chi connectivity index (χ3v) is 6.02. The van der Waals surface area contributed by atoms with Gasteiger partial charge in [-0.3, -0.25) is 9.89 Å². The zero-order valence-electron chi connectivity index (χ0n) is 18.7. The molecule has 10 heteroatoms. The van der Waals surface area contributed by atoms with Gasteiger partial charge in [-0.15, -0.1) is 0 Å². The summed E-state index contributed by atoms with van der Waals surface area (Å²) in [5.41, 5.74) is 3.14. The smallest absolute Gasteiger partial charge is 0.337 e. The molecule has 1 atom stereocenters. The van der Waals surface area contributed by atoms with Crippen molar-refractivity contribution in [2.45, 2.75) is 31.2 Å². The van der Waals surface area contributed by atoms with Crippen LogP contribution in [0.1, 0.15) is 63.3 Å². The Morgan fingerprint density at radius 2 is 1.94 bits per heavy atom. The van der Waals surface area contributed by atoms with E-state index >= 15 is 0 Å². The molecular weight excluding hydrogens is 448 g/mol. The summed E-state index contributed by atoms with van der Waals surface area (Å²) in [6.07, 6.45) is 3.91. The van der Waals surface area contributed by atoms with Crippen LogP contribution in [0.5, 0.6) is 0 Å². The Kier molecular flexibility index (Phi) is 6.11. The van der Waals surface area contributed by atoms with E-state index in [0.29, 0.717) is 40.4 Å². The molecule has 35 heavy (non-hydrogen) atoms. The van der Waals surface area contributed by atoms with Crippen molar-refractivity contribution in [2.75, 3.05) is 17.2 Å². The van der Waals surface area contributed by atoms with E-state index in [1.54, 1.807) is 24.3 Å². The topological polar surface area (TPSA) is 153 Å². The van der Waals surface area contributed by atoms with E-state index in [2.05, 4.69) is 30.8 Å². The molecule has 2 aromatic heterocycles. The first kappa shape index (κ1) is 22.5. The van der Waals surface area contributed by atoms with Crippen LogP contribution < -0.4 is 10.6 Å². The van der Waals surface area contributed by atoms with Crippen molar-refractivity contribution in [3.63, 3.8) is 0 Å². The van der Waals surface area contributed by atoms with E-state index in [1.807, 2.05) is 18.2 Å². The highest BCUT2D eigenvalue weighted by molar-refractivity contribution is 6.04. The van der Waals surface area contributed by atoms with Gasteiger partial charge in [0, 0.05) is 29.3 Å².